The molecule has 4 nitrogen and oxygen atoms in total. The second kappa shape index (κ2) is 2.23. The van der Waals surface area contributed by atoms with Crippen molar-refractivity contribution in [3.05, 3.63) is 0 Å². The predicted octanol–water partition coefficient (Wildman–Crippen LogP) is -1.33. The van der Waals surface area contributed by atoms with Gasteiger partial charge in [0.15, 0.2) is 5.72 Å². The lowest BCUT2D eigenvalue weighted by Gasteiger charge is -2.16. The summed E-state index contributed by atoms with van der Waals surface area (Å²) in [6.45, 7) is 0.733. The van der Waals surface area contributed by atoms with Crippen molar-refractivity contribution in [2.45, 2.75) is 12.6 Å². The average molecular weight is 107 g/mol. The van der Waals surface area contributed by atoms with Crippen molar-refractivity contribution in [1.82, 2.24) is 5.48 Å². The highest BCUT2D eigenvalue weighted by Gasteiger charge is 2.15. The van der Waals surface area contributed by atoms with E-state index in [0.29, 0.717) is 0 Å². The third-order valence-corrected chi connectivity index (χ3v) is 0.549. The molecule has 0 aromatic heterocycles. The topological polar surface area (TPSA) is 72.7 Å². The Morgan fingerprint density at radius 3 is 2.14 bits per heavy atom. The molecule has 0 rings (SSSR count). The van der Waals surface area contributed by atoms with Gasteiger partial charge in [0.05, 0.1) is 6.61 Å². The van der Waals surface area contributed by atoms with E-state index in [1.54, 1.807) is 0 Å². The molecule has 0 bridgehead atoms. The molecule has 0 aromatic rings. The summed E-state index contributed by atoms with van der Waals surface area (Å²) in [5, 5.41) is 24.6. The average Bonchev–Trinajstić information content (AvgIpc) is 1.68. The van der Waals surface area contributed by atoms with Crippen LogP contribution in [0, 0.1) is 0 Å². The molecule has 0 spiro atoms. The fraction of sp³-hybridized carbons (Fsp3) is 1.00. The molecule has 0 aliphatic carbocycles. The van der Waals surface area contributed by atoms with Gasteiger partial charge in [-0.15, -0.1) is 0 Å². The van der Waals surface area contributed by atoms with Gasteiger partial charge >= 0.3 is 0 Å². The minimum atomic E-state index is -1.56. The van der Waals surface area contributed by atoms with Crippen LogP contribution >= 0.6 is 0 Å². The Balaban J connectivity index is 3.36. The van der Waals surface area contributed by atoms with Gasteiger partial charge in [0.1, 0.15) is 0 Å². The van der Waals surface area contributed by atoms with Crippen molar-refractivity contribution in [3.8, 4) is 0 Å². The van der Waals surface area contributed by atoms with Gasteiger partial charge < -0.3 is 15.4 Å². The SMILES string of the molecule is CC(O)(CO)NO. The van der Waals surface area contributed by atoms with Gasteiger partial charge in [-0.1, -0.05) is 0 Å². The lowest BCUT2D eigenvalue weighted by molar-refractivity contribution is -0.108. The van der Waals surface area contributed by atoms with Crippen molar-refractivity contribution in [1.29, 1.82) is 0 Å². The van der Waals surface area contributed by atoms with E-state index in [2.05, 4.69) is 0 Å². The highest BCUT2D eigenvalue weighted by Crippen LogP contribution is 1.90. The van der Waals surface area contributed by atoms with Crippen LogP contribution < -0.4 is 5.48 Å². The zero-order chi connectivity index (χ0) is 5.91. The van der Waals surface area contributed by atoms with Crippen LogP contribution in [0.2, 0.25) is 0 Å². The van der Waals surface area contributed by atoms with Crippen LogP contribution in [0.25, 0.3) is 0 Å². The first-order valence-corrected chi connectivity index (χ1v) is 1.87. The molecule has 1 atom stereocenters. The molecule has 0 amide bonds. The van der Waals surface area contributed by atoms with E-state index in [0.717, 1.165) is 0 Å². The Morgan fingerprint density at radius 2 is 2.14 bits per heavy atom. The number of rotatable bonds is 2. The van der Waals surface area contributed by atoms with E-state index >= 15 is 0 Å². The number of aliphatic hydroxyl groups is 2. The van der Waals surface area contributed by atoms with Crippen LogP contribution in [0.15, 0.2) is 0 Å². The Kier molecular flexibility index (Phi) is 2.17. The molecule has 0 aliphatic rings. The summed E-state index contributed by atoms with van der Waals surface area (Å²) in [7, 11) is 0. The van der Waals surface area contributed by atoms with Gasteiger partial charge in [0, 0.05) is 0 Å². The Morgan fingerprint density at radius 1 is 1.71 bits per heavy atom. The van der Waals surface area contributed by atoms with E-state index < -0.39 is 12.3 Å². The summed E-state index contributed by atoms with van der Waals surface area (Å²) < 4.78 is 0. The highest BCUT2D eigenvalue weighted by molar-refractivity contribution is 4.59. The molecule has 0 fully saturated rings. The molecule has 0 saturated heterocycles. The smallest absolute Gasteiger partial charge is 0.157 e. The van der Waals surface area contributed by atoms with Gasteiger partial charge in [0.2, 0.25) is 0 Å². The second-order valence-electron chi connectivity index (χ2n) is 1.54. The maximum absolute atomic E-state index is 8.52. The van der Waals surface area contributed by atoms with Gasteiger partial charge in [-0.3, -0.25) is 0 Å². The molecular formula is C3H9NO3. The monoisotopic (exact) mass is 107 g/mol. The molecule has 0 aromatic carbocycles. The highest BCUT2D eigenvalue weighted by atomic mass is 16.5. The Labute approximate surface area is 41.4 Å². The summed E-state index contributed by atoms with van der Waals surface area (Å²) in [4.78, 5) is 0. The van der Waals surface area contributed by atoms with Crippen LogP contribution in [0.5, 0.6) is 0 Å². The molecule has 4 N–H and O–H groups in total. The van der Waals surface area contributed by atoms with Gasteiger partial charge in [-0.05, 0) is 6.92 Å². The second-order valence-corrected chi connectivity index (χ2v) is 1.54. The zero-order valence-corrected chi connectivity index (χ0v) is 4.05. The third kappa shape index (κ3) is 2.52. The summed E-state index contributed by atoms with van der Waals surface area (Å²) >= 11 is 0. The van der Waals surface area contributed by atoms with Crippen molar-refractivity contribution >= 4 is 0 Å². The minimum absolute atomic E-state index is 0.510. The van der Waals surface area contributed by atoms with Crippen molar-refractivity contribution in [2.75, 3.05) is 6.61 Å². The fourth-order valence-corrected chi connectivity index (χ4v) is 0.0354. The van der Waals surface area contributed by atoms with Crippen molar-refractivity contribution in [3.63, 3.8) is 0 Å². The Hall–Kier alpha value is -0.160. The van der Waals surface area contributed by atoms with Crippen LogP contribution in [0.1, 0.15) is 6.92 Å². The summed E-state index contributed by atoms with van der Waals surface area (Å²) in [6.07, 6.45) is 0. The molecular weight excluding hydrogens is 98.0 g/mol. The molecule has 4 heteroatoms. The van der Waals surface area contributed by atoms with Gasteiger partial charge in [-0.25, -0.2) is 0 Å². The van der Waals surface area contributed by atoms with E-state index in [1.807, 2.05) is 0 Å². The predicted molar refractivity (Wildman–Crippen MR) is 22.6 cm³/mol. The lowest BCUT2D eigenvalue weighted by Crippen LogP contribution is -2.43. The van der Waals surface area contributed by atoms with E-state index in [9.17, 15) is 0 Å². The van der Waals surface area contributed by atoms with E-state index in [4.69, 9.17) is 15.4 Å². The normalized spacial score (nSPS) is 18.9. The zero-order valence-electron chi connectivity index (χ0n) is 4.05. The summed E-state index contributed by atoms with van der Waals surface area (Å²) in [6, 6.07) is 0. The third-order valence-electron chi connectivity index (χ3n) is 0.549. The lowest BCUT2D eigenvalue weighted by atomic mass is 10.3. The number of hydrogen-bond acceptors (Lipinski definition) is 4. The summed E-state index contributed by atoms with van der Waals surface area (Å²) in [5.74, 6) is 0. The van der Waals surface area contributed by atoms with Crippen LogP contribution in [-0.4, -0.2) is 27.8 Å². The van der Waals surface area contributed by atoms with Crippen molar-refractivity contribution < 1.29 is 15.4 Å². The minimum Gasteiger partial charge on any atom is -0.392 e. The molecule has 7 heavy (non-hydrogen) atoms. The Bertz CT molecular complexity index is 48.1. The largest absolute Gasteiger partial charge is 0.392 e. The van der Waals surface area contributed by atoms with Gasteiger partial charge in [0.25, 0.3) is 0 Å². The molecule has 0 heterocycles. The van der Waals surface area contributed by atoms with Crippen LogP contribution in [0.4, 0.5) is 0 Å². The van der Waals surface area contributed by atoms with E-state index in [-0.39, 0.29) is 0 Å². The summed E-state index contributed by atoms with van der Waals surface area (Å²) in [5.41, 5.74) is -0.0590. The fourth-order valence-electron chi connectivity index (χ4n) is 0.0354. The first-order valence-electron chi connectivity index (χ1n) is 1.87. The molecule has 1 unspecified atom stereocenters. The molecule has 0 aliphatic heterocycles. The maximum atomic E-state index is 8.52. The standard InChI is InChI=1S/C3H9NO3/c1-3(6,2-5)4-7/h4-7H,2H2,1H3. The maximum Gasteiger partial charge on any atom is 0.157 e. The first-order chi connectivity index (χ1) is 3.12. The number of nitrogens with one attached hydrogen (secondary N) is 1. The van der Waals surface area contributed by atoms with Crippen molar-refractivity contribution in [2.24, 2.45) is 0 Å². The number of hydroxylamine groups is 1. The molecule has 0 saturated carbocycles. The number of hydrogen-bond donors (Lipinski definition) is 4. The molecule has 0 radical (unpaired) electrons. The van der Waals surface area contributed by atoms with Crippen LogP contribution in [-0.2, 0) is 0 Å². The number of aliphatic hydroxyl groups excluding tert-OH is 1. The first kappa shape index (κ1) is 6.84. The van der Waals surface area contributed by atoms with E-state index in [1.165, 1.54) is 12.4 Å². The van der Waals surface area contributed by atoms with Gasteiger partial charge in [-0.2, -0.15) is 5.48 Å². The quantitative estimate of drug-likeness (QED) is 0.260. The van der Waals surface area contributed by atoms with Crippen LogP contribution in [0.3, 0.4) is 0 Å². The molecule has 44 valence electrons.